The fourth-order valence-corrected chi connectivity index (χ4v) is 2.31. The molecule has 0 aliphatic carbocycles. The number of aromatic carboxylic acids is 1. The lowest BCUT2D eigenvalue weighted by molar-refractivity contribution is 0.0503. The third-order valence-electron chi connectivity index (χ3n) is 3.06. The fourth-order valence-electron chi connectivity index (χ4n) is 1.97. The molecule has 8 heteroatoms. The predicted octanol–water partition coefficient (Wildman–Crippen LogP) is 4.36. The third kappa shape index (κ3) is 7.72. The van der Waals surface area contributed by atoms with Gasteiger partial charge >= 0.3 is 12.1 Å². The molecule has 0 spiro atoms. The van der Waals surface area contributed by atoms with Crippen molar-refractivity contribution in [2.75, 3.05) is 6.61 Å². The van der Waals surface area contributed by atoms with E-state index in [4.69, 9.17) is 14.6 Å². The Morgan fingerprint density at radius 1 is 1.36 bits per heavy atom. The minimum absolute atomic E-state index is 0.0269. The number of rotatable bonds is 7. The van der Waals surface area contributed by atoms with E-state index in [0.717, 1.165) is 6.07 Å². The van der Waals surface area contributed by atoms with Crippen LogP contribution in [0.4, 0.5) is 9.18 Å². The van der Waals surface area contributed by atoms with Crippen LogP contribution in [-0.2, 0) is 4.74 Å². The highest BCUT2D eigenvalue weighted by Crippen LogP contribution is 2.26. The van der Waals surface area contributed by atoms with E-state index in [-0.39, 0.29) is 28.4 Å². The molecule has 0 saturated heterocycles. The monoisotopic (exact) mass is 419 g/mol. The van der Waals surface area contributed by atoms with Gasteiger partial charge in [0, 0.05) is 12.1 Å². The molecule has 0 aromatic heterocycles. The summed E-state index contributed by atoms with van der Waals surface area (Å²) in [5.74, 6) is -1.82. The maximum atomic E-state index is 13.6. The molecule has 1 aromatic rings. The van der Waals surface area contributed by atoms with E-state index >= 15 is 0 Å². The van der Waals surface area contributed by atoms with E-state index in [2.05, 4.69) is 21.2 Å². The van der Waals surface area contributed by atoms with Crippen molar-refractivity contribution in [1.29, 1.82) is 0 Å². The number of carbonyl (C=O) groups excluding carboxylic acids is 1. The zero-order valence-electron chi connectivity index (χ0n) is 14.7. The Balaban J connectivity index is 2.47. The van der Waals surface area contributed by atoms with Gasteiger partial charge in [-0.15, -0.1) is 0 Å². The Labute approximate surface area is 154 Å². The van der Waals surface area contributed by atoms with Gasteiger partial charge in [-0.1, -0.05) is 0 Å². The van der Waals surface area contributed by atoms with E-state index in [9.17, 15) is 14.0 Å². The van der Waals surface area contributed by atoms with E-state index in [1.807, 2.05) is 6.92 Å². The molecule has 0 heterocycles. The molecule has 25 heavy (non-hydrogen) atoms. The molecule has 0 fully saturated rings. The molecule has 0 saturated carbocycles. The van der Waals surface area contributed by atoms with Gasteiger partial charge < -0.3 is 19.9 Å². The van der Waals surface area contributed by atoms with Crippen LogP contribution in [0.25, 0.3) is 0 Å². The van der Waals surface area contributed by atoms with Crippen LogP contribution < -0.4 is 10.1 Å². The van der Waals surface area contributed by atoms with Crippen LogP contribution in [-0.4, -0.2) is 35.4 Å². The zero-order chi connectivity index (χ0) is 19.2. The largest absolute Gasteiger partial charge is 0.493 e. The third-order valence-corrected chi connectivity index (χ3v) is 3.66. The van der Waals surface area contributed by atoms with Gasteiger partial charge in [0.1, 0.15) is 22.7 Å². The van der Waals surface area contributed by atoms with E-state index in [1.165, 1.54) is 6.07 Å². The van der Waals surface area contributed by atoms with Crippen molar-refractivity contribution < 1.29 is 28.6 Å². The number of hydrogen-bond acceptors (Lipinski definition) is 4. The van der Waals surface area contributed by atoms with Gasteiger partial charge in [0.15, 0.2) is 0 Å². The van der Waals surface area contributed by atoms with Crippen LogP contribution in [0.3, 0.4) is 0 Å². The average molecular weight is 420 g/mol. The first-order valence-electron chi connectivity index (χ1n) is 7.84. The highest BCUT2D eigenvalue weighted by Gasteiger charge is 2.18. The van der Waals surface area contributed by atoms with Crippen LogP contribution in [0.15, 0.2) is 16.6 Å². The molecule has 1 aromatic carbocycles. The SMILES string of the molecule is CC(CCCOc1cc(F)c(Br)cc1C(=O)O)NC(=O)OC(C)(C)C. The van der Waals surface area contributed by atoms with Crippen molar-refractivity contribution in [2.24, 2.45) is 0 Å². The van der Waals surface area contributed by atoms with Crippen LogP contribution in [0.5, 0.6) is 5.75 Å². The van der Waals surface area contributed by atoms with Crippen LogP contribution >= 0.6 is 15.9 Å². The molecule has 1 atom stereocenters. The first-order valence-corrected chi connectivity index (χ1v) is 8.63. The molecule has 6 nitrogen and oxygen atoms in total. The van der Waals surface area contributed by atoms with Crippen molar-refractivity contribution in [3.8, 4) is 5.75 Å². The van der Waals surface area contributed by atoms with Crippen molar-refractivity contribution in [1.82, 2.24) is 5.32 Å². The van der Waals surface area contributed by atoms with E-state index in [1.54, 1.807) is 20.8 Å². The first-order chi connectivity index (χ1) is 11.5. The lowest BCUT2D eigenvalue weighted by atomic mass is 10.2. The number of carboxylic acid groups (broad SMARTS) is 1. The topological polar surface area (TPSA) is 84.9 Å². The van der Waals surface area contributed by atoms with Crippen LogP contribution in [0.2, 0.25) is 0 Å². The summed E-state index contributed by atoms with van der Waals surface area (Å²) >= 11 is 2.95. The van der Waals surface area contributed by atoms with Gasteiger partial charge in [0.2, 0.25) is 0 Å². The second-order valence-corrected chi connectivity index (χ2v) is 7.46. The van der Waals surface area contributed by atoms with Gasteiger partial charge in [0.25, 0.3) is 0 Å². The molecule has 2 N–H and O–H groups in total. The fraction of sp³-hybridized carbons (Fsp3) is 0.529. The number of ether oxygens (including phenoxy) is 2. The van der Waals surface area contributed by atoms with Crippen molar-refractivity contribution >= 4 is 28.0 Å². The number of halogens is 2. The zero-order valence-corrected chi connectivity index (χ0v) is 16.3. The second-order valence-electron chi connectivity index (χ2n) is 6.61. The summed E-state index contributed by atoms with van der Waals surface area (Å²) in [4.78, 5) is 22.8. The Morgan fingerprint density at radius 2 is 2.00 bits per heavy atom. The van der Waals surface area contributed by atoms with Crippen molar-refractivity contribution in [3.63, 3.8) is 0 Å². The van der Waals surface area contributed by atoms with Crippen molar-refractivity contribution in [3.05, 3.63) is 28.0 Å². The number of alkyl carbamates (subject to hydrolysis) is 1. The highest BCUT2D eigenvalue weighted by atomic mass is 79.9. The molecular formula is C17H23BrFNO5. The molecule has 0 bridgehead atoms. The summed E-state index contributed by atoms with van der Waals surface area (Å²) in [5.41, 5.74) is -0.681. The van der Waals surface area contributed by atoms with Gasteiger partial charge in [0.05, 0.1) is 11.1 Å². The molecular weight excluding hydrogens is 397 g/mol. The van der Waals surface area contributed by atoms with Crippen molar-refractivity contribution in [2.45, 2.75) is 52.2 Å². The molecule has 1 unspecified atom stereocenters. The van der Waals surface area contributed by atoms with Gasteiger partial charge in [-0.3, -0.25) is 0 Å². The number of carbonyl (C=O) groups is 2. The summed E-state index contributed by atoms with van der Waals surface area (Å²) in [7, 11) is 0. The molecule has 0 aliphatic rings. The van der Waals surface area contributed by atoms with Gasteiger partial charge in [-0.25, -0.2) is 14.0 Å². The highest BCUT2D eigenvalue weighted by molar-refractivity contribution is 9.10. The minimum Gasteiger partial charge on any atom is -0.493 e. The smallest absolute Gasteiger partial charge is 0.407 e. The first kappa shape index (κ1) is 21.2. The standard InChI is InChI=1S/C17H23BrFNO5/c1-10(20-16(23)25-17(2,3)4)6-5-7-24-14-9-13(19)12(18)8-11(14)15(21)22/h8-10H,5-7H2,1-4H3,(H,20,23)(H,21,22). The van der Waals surface area contributed by atoms with Crippen LogP contribution in [0, 0.1) is 5.82 Å². The summed E-state index contributed by atoms with van der Waals surface area (Å²) in [6, 6.07) is 2.06. The molecule has 0 aliphatic heterocycles. The molecule has 140 valence electrons. The lowest BCUT2D eigenvalue weighted by Gasteiger charge is -2.22. The number of carboxylic acids is 1. The summed E-state index contributed by atoms with van der Waals surface area (Å²) in [6.45, 7) is 7.36. The maximum absolute atomic E-state index is 13.6. The van der Waals surface area contributed by atoms with E-state index in [0.29, 0.717) is 12.8 Å². The molecule has 1 amide bonds. The number of hydrogen-bond donors (Lipinski definition) is 2. The Bertz CT molecular complexity index is 630. The number of amides is 1. The summed E-state index contributed by atoms with van der Waals surface area (Å²) in [6.07, 6.45) is 0.651. The normalized spacial score (nSPS) is 12.4. The quantitative estimate of drug-likeness (QED) is 0.641. The minimum atomic E-state index is -1.20. The predicted molar refractivity (Wildman–Crippen MR) is 94.6 cm³/mol. The number of nitrogens with one attached hydrogen (secondary N) is 1. The van der Waals surface area contributed by atoms with Gasteiger partial charge in [-0.05, 0) is 62.5 Å². The van der Waals surface area contributed by atoms with Gasteiger partial charge in [-0.2, -0.15) is 0 Å². The Hall–Kier alpha value is -1.83. The lowest BCUT2D eigenvalue weighted by Crippen LogP contribution is -2.37. The molecule has 1 rings (SSSR count). The second kappa shape index (κ2) is 9.03. The number of benzene rings is 1. The average Bonchev–Trinajstić information content (AvgIpc) is 2.44. The maximum Gasteiger partial charge on any atom is 0.407 e. The Kier molecular flexibility index (Phi) is 7.66. The Morgan fingerprint density at radius 3 is 2.56 bits per heavy atom. The summed E-state index contributed by atoms with van der Waals surface area (Å²) in [5, 5.41) is 11.8. The van der Waals surface area contributed by atoms with E-state index < -0.39 is 23.5 Å². The molecule has 0 radical (unpaired) electrons. The van der Waals surface area contributed by atoms with Crippen LogP contribution in [0.1, 0.15) is 50.9 Å². The summed E-state index contributed by atoms with van der Waals surface area (Å²) < 4.78 is 24.2.